The molecule has 3 heterocycles. The lowest BCUT2D eigenvalue weighted by molar-refractivity contribution is -0.122. The molecule has 1 aromatic carbocycles. The van der Waals surface area contributed by atoms with Gasteiger partial charge in [0.25, 0.3) is 0 Å². The second kappa shape index (κ2) is 9.76. The van der Waals surface area contributed by atoms with E-state index in [0.717, 1.165) is 68.6 Å². The van der Waals surface area contributed by atoms with Crippen LogP contribution < -0.4 is 16.0 Å². The molecule has 2 aliphatic rings. The van der Waals surface area contributed by atoms with Gasteiger partial charge in [0.1, 0.15) is 5.52 Å². The Labute approximate surface area is 203 Å². The number of hydrogen-bond donors (Lipinski definition) is 2. The van der Waals surface area contributed by atoms with Gasteiger partial charge in [-0.15, -0.1) is 0 Å². The number of hydrogen-bond acceptors (Lipinski definition) is 7. The summed E-state index contributed by atoms with van der Waals surface area (Å²) in [6.45, 7) is 1.51. The molecule has 0 radical (unpaired) electrons. The van der Waals surface area contributed by atoms with Crippen molar-refractivity contribution < 1.29 is 9.53 Å². The van der Waals surface area contributed by atoms with Crippen LogP contribution in [0.15, 0.2) is 30.5 Å². The highest BCUT2D eigenvalue weighted by atomic mass is 35.5. The Morgan fingerprint density at radius 1 is 1.18 bits per heavy atom. The van der Waals surface area contributed by atoms with E-state index in [0.29, 0.717) is 23.0 Å². The molecule has 3 aromatic rings. The Balaban J connectivity index is 1.52. The Hall–Kier alpha value is -2.91. The van der Waals surface area contributed by atoms with Crippen molar-refractivity contribution in [2.75, 3.05) is 30.5 Å². The van der Waals surface area contributed by atoms with Crippen molar-refractivity contribution >= 4 is 46.3 Å². The number of anilines is 3. The first-order valence-corrected chi connectivity index (χ1v) is 12.2. The third-order valence-electron chi connectivity index (χ3n) is 7.02. The van der Waals surface area contributed by atoms with E-state index in [-0.39, 0.29) is 17.9 Å². The summed E-state index contributed by atoms with van der Waals surface area (Å²) in [5.41, 5.74) is 7.94. The van der Waals surface area contributed by atoms with Gasteiger partial charge in [0.05, 0.1) is 6.20 Å². The smallest absolute Gasteiger partial charge is 0.227 e. The van der Waals surface area contributed by atoms with E-state index in [4.69, 9.17) is 32.0 Å². The van der Waals surface area contributed by atoms with E-state index in [2.05, 4.69) is 19.8 Å². The minimum absolute atomic E-state index is 0.0692. The quantitative estimate of drug-likeness (QED) is 0.543. The van der Waals surface area contributed by atoms with E-state index in [1.165, 1.54) is 0 Å². The van der Waals surface area contributed by atoms with Crippen LogP contribution in [0.1, 0.15) is 44.6 Å². The summed E-state index contributed by atoms with van der Waals surface area (Å²) >= 11 is 6.21. The zero-order valence-corrected chi connectivity index (χ0v) is 20.0. The van der Waals surface area contributed by atoms with Crippen molar-refractivity contribution in [3.05, 3.63) is 35.5 Å². The van der Waals surface area contributed by atoms with Crippen molar-refractivity contribution in [1.29, 1.82) is 0 Å². The molecule has 0 bridgehead atoms. The first kappa shape index (κ1) is 22.9. The number of fused-ring (bicyclic) bond motifs is 1. The number of amides is 1. The summed E-state index contributed by atoms with van der Waals surface area (Å²) in [6.07, 6.45) is 6.89. The van der Waals surface area contributed by atoms with Gasteiger partial charge in [0, 0.05) is 49.0 Å². The lowest BCUT2D eigenvalue weighted by Crippen LogP contribution is -2.37. The number of primary amides is 1. The minimum atomic E-state index is -0.214. The summed E-state index contributed by atoms with van der Waals surface area (Å²) in [6, 6.07) is 8.05. The number of ether oxygens (including phenoxy) is 1. The average molecular weight is 484 g/mol. The van der Waals surface area contributed by atoms with Crippen molar-refractivity contribution in [3.63, 3.8) is 0 Å². The number of benzene rings is 1. The van der Waals surface area contributed by atoms with Gasteiger partial charge in [0.15, 0.2) is 5.65 Å². The van der Waals surface area contributed by atoms with Crippen molar-refractivity contribution in [2.45, 2.75) is 50.6 Å². The molecule has 34 heavy (non-hydrogen) atoms. The summed E-state index contributed by atoms with van der Waals surface area (Å²) < 4.78 is 7.68. The van der Waals surface area contributed by atoms with E-state index < -0.39 is 0 Å². The van der Waals surface area contributed by atoms with Crippen LogP contribution in [0.2, 0.25) is 5.02 Å². The predicted octanol–water partition coefficient (Wildman–Crippen LogP) is 4.06. The van der Waals surface area contributed by atoms with Gasteiger partial charge in [0.2, 0.25) is 17.8 Å². The summed E-state index contributed by atoms with van der Waals surface area (Å²) in [4.78, 5) is 28.3. The number of nitrogens with one attached hydrogen (secondary N) is 1. The Morgan fingerprint density at radius 2 is 1.94 bits per heavy atom. The van der Waals surface area contributed by atoms with Gasteiger partial charge < -0.3 is 20.7 Å². The maximum absolute atomic E-state index is 11.7. The van der Waals surface area contributed by atoms with Crippen LogP contribution in [0.4, 0.5) is 17.6 Å². The van der Waals surface area contributed by atoms with Crippen molar-refractivity contribution in [3.8, 4) is 0 Å². The van der Waals surface area contributed by atoms with Crippen LogP contribution >= 0.6 is 11.6 Å². The lowest BCUT2D eigenvalue weighted by atomic mass is 9.85. The second-order valence-electron chi connectivity index (χ2n) is 9.18. The van der Waals surface area contributed by atoms with Crippen LogP contribution in [0.25, 0.3) is 11.2 Å². The molecule has 1 aliphatic heterocycles. The largest absolute Gasteiger partial charge is 0.381 e. The maximum atomic E-state index is 11.7. The van der Waals surface area contributed by atoms with E-state index >= 15 is 0 Å². The number of imidazole rings is 1. The van der Waals surface area contributed by atoms with Gasteiger partial charge >= 0.3 is 0 Å². The van der Waals surface area contributed by atoms with Crippen LogP contribution in [0, 0.1) is 5.92 Å². The molecule has 10 heteroatoms. The van der Waals surface area contributed by atoms with Gasteiger partial charge in [-0.05, 0) is 56.7 Å². The van der Waals surface area contributed by atoms with E-state index in [1.807, 2.05) is 31.3 Å². The van der Waals surface area contributed by atoms with Crippen LogP contribution in [0.3, 0.4) is 0 Å². The number of carbonyl (C=O) groups is 1. The number of carbonyl (C=O) groups excluding carboxylic acids is 1. The maximum Gasteiger partial charge on any atom is 0.227 e. The topological polar surface area (TPSA) is 111 Å². The molecule has 2 aromatic heterocycles. The number of aromatic nitrogens is 4. The highest BCUT2D eigenvalue weighted by Crippen LogP contribution is 2.37. The van der Waals surface area contributed by atoms with Gasteiger partial charge in [-0.25, -0.2) is 9.97 Å². The zero-order chi connectivity index (χ0) is 23.7. The third-order valence-corrected chi connectivity index (χ3v) is 7.25. The summed E-state index contributed by atoms with van der Waals surface area (Å²) in [7, 11) is 2.04. The summed E-state index contributed by atoms with van der Waals surface area (Å²) in [5, 5.41) is 4.07. The fourth-order valence-corrected chi connectivity index (χ4v) is 5.23. The molecule has 1 saturated carbocycles. The molecule has 0 unspecified atom stereocenters. The SMILES string of the molecule is CN(c1ncc2nc(Nc3cccc(Cl)c3)n(C3CCC(C(N)=O)CC3)c2n1)C1CCOCC1. The highest BCUT2D eigenvalue weighted by molar-refractivity contribution is 6.30. The fourth-order valence-electron chi connectivity index (χ4n) is 5.04. The zero-order valence-electron chi connectivity index (χ0n) is 19.3. The standard InChI is InChI=1S/C24H30ClN7O2/c1-31(18-9-11-34-12-10-18)23-27-14-20-22(30-23)32(19-7-5-15(6-8-19)21(26)33)24(29-20)28-17-4-2-3-16(25)13-17/h2-4,13-15,18-19H,5-12H2,1H3,(H2,26,33)(H,28,29). The molecule has 1 amide bonds. The second-order valence-corrected chi connectivity index (χ2v) is 9.62. The molecule has 9 nitrogen and oxygen atoms in total. The molecule has 0 atom stereocenters. The van der Waals surface area contributed by atoms with Crippen LogP contribution in [0.5, 0.6) is 0 Å². The molecule has 3 N–H and O–H groups in total. The Morgan fingerprint density at radius 3 is 2.65 bits per heavy atom. The van der Waals surface area contributed by atoms with Crippen LogP contribution in [-0.2, 0) is 9.53 Å². The summed E-state index contributed by atoms with van der Waals surface area (Å²) in [5.74, 6) is 1.09. The van der Waals surface area contributed by atoms with E-state index in [9.17, 15) is 4.79 Å². The number of rotatable bonds is 6. The minimum Gasteiger partial charge on any atom is -0.381 e. The first-order valence-electron chi connectivity index (χ1n) is 11.9. The van der Waals surface area contributed by atoms with Crippen molar-refractivity contribution in [1.82, 2.24) is 19.5 Å². The molecule has 180 valence electrons. The average Bonchev–Trinajstić information content (AvgIpc) is 3.21. The molecular formula is C24H30ClN7O2. The molecular weight excluding hydrogens is 454 g/mol. The Bertz CT molecular complexity index is 1170. The van der Waals surface area contributed by atoms with Gasteiger partial charge in [-0.1, -0.05) is 17.7 Å². The monoisotopic (exact) mass is 483 g/mol. The third kappa shape index (κ3) is 4.67. The number of nitrogens with two attached hydrogens (primary N) is 1. The van der Waals surface area contributed by atoms with Crippen molar-refractivity contribution in [2.24, 2.45) is 11.7 Å². The first-order chi connectivity index (χ1) is 16.5. The fraction of sp³-hybridized carbons (Fsp3) is 0.500. The molecule has 0 spiro atoms. The molecule has 5 rings (SSSR count). The van der Waals surface area contributed by atoms with E-state index in [1.54, 1.807) is 6.20 Å². The lowest BCUT2D eigenvalue weighted by Gasteiger charge is -2.31. The predicted molar refractivity (Wildman–Crippen MR) is 132 cm³/mol. The van der Waals surface area contributed by atoms with Crippen LogP contribution in [-0.4, -0.2) is 51.7 Å². The van der Waals surface area contributed by atoms with Gasteiger partial charge in [-0.2, -0.15) is 4.98 Å². The van der Waals surface area contributed by atoms with Gasteiger partial charge in [-0.3, -0.25) is 9.36 Å². The highest BCUT2D eigenvalue weighted by Gasteiger charge is 2.29. The number of halogens is 1. The Kier molecular flexibility index (Phi) is 6.56. The molecule has 1 saturated heterocycles. The number of nitrogens with zero attached hydrogens (tertiary/aromatic N) is 5. The normalized spacial score (nSPS) is 21.5. The molecule has 2 fully saturated rings. The molecule has 1 aliphatic carbocycles.